The standard InChI is InChI=1S/C13H19N3/c1-10(2)5-6-16(4)13-8-12(9-14)7-11(3)15-13/h7-8,10H,5-6H2,1-4H3. The summed E-state index contributed by atoms with van der Waals surface area (Å²) in [7, 11) is 2.02. The molecule has 0 atom stereocenters. The summed E-state index contributed by atoms with van der Waals surface area (Å²) in [5.74, 6) is 1.57. The van der Waals surface area contributed by atoms with Crippen molar-refractivity contribution in [2.45, 2.75) is 27.2 Å². The number of pyridine rings is 1. The lowest BCUT2D eigenvalue weighted by atomic mass is 10.1. The van der Waals surface area contributed by atoms with Gasteiger partial charge in [0.2, 0.25) is 0 Å². The molecular formula is C13H19N3. The van der Waals surface area contributed by atoms with Gasteiger partial charge in [0.25, 0.3) is 0 Å². The number of nitriles is 1. The highest BCUT2D eigenvalue weighted by Gasteiger charge is 2.06. The first kappa shape index (κ1) is 12.5. The van der Waals surface area contributed by atoms with Gasteiger partial charge in [0.1, 0.15) is 5.82 Å². The first-order valence-corrected chi connectivity index (χ1v) is 5.63. The van der Waals surface area contributed by atoms with Crippen LogP contribution < -0.4 is 4.90 Å². The molecule has 0 radical (unpaired) electrons. The van der Waals surface area contributed by atoms with Gasteiger partial charge < -0.3 is 4.90 Å². The molecule has 1 aromatic heterocycles. The fraction of sp³-hybridized carbons (Fsp3) is 0.538. The molecule has 3 heteroatoms. The normalized spacial score (nSPS) is 10.2. The van der Waals surface area contributed by atoms with Gasteiger partial charge in [-0.15, -0.1) is 0 Å². The number of hydrogen-bond acceptors (Lipinski definition) is 3. The van der Waals surface area contributed by atoms with Crippen LogP contribution in [0.1, 0.15) is 31.5 Å². The topological polar surface area (TPSA) is 39.9 Å². The Morgan fingerprint density at radius 2 is 2.12 bits per heavy atom. The van der Waals surface area contributed by atoms with Crippen LogP contribution in [0.25, 0.3) is 0 Å². The van der Waals surface area contributed by atoms with Crippen LogP contribution in [-0.4, -0.2) is 18.6 Å². The van der Waals surface area contributed by atoms with E-state index in [1.54, 1.807) is 6.07 Å². The minimum absolute atomic E-state index is 0.680. The van der Waals surface area contributed by atoms with E-state index in [2.05, 4.69) is 29.8 Å². The Kier molecular flexibility index (Phi) is 4.30. The van der Waals surface area contributed by atoms with Crippen molar-refractivity contribution in [2.75, 3.05) is 18.5 Å². The number of rotatable bonds is 4. The minimum atomic E-state index is 0.680. The first-order chi connectivity index (χ1) is 7.52. The van der Waals surface area contributed by atoms with Gasteiger partial charge in [-0.3, -0.25) is 0 Å². The van der Waals surface area contributed by atoms with E-state index in [9.17, 15) is 0 Å². The van der Waals surface area contributed by atoms with Crippen LogP contribution >= 0.6 is 0 Å². The van der Waals surface area contributed by atoms with E-state index in [1.807, 2.05) is 20.0 Å². The number of aromatic nitrogens is 1. The second-order valence-corrected chi connectivity index (χ2v) is 4.57. The third kappa shape index (κ3) is 3.54. The molecule has 0 fully saturated rings. The molecule has 86 valence electrons. The predicted octanol–water partition coefficient (Wildman–Crippen LogP) is 2.74. The SMILES string of the molecule is Cc1cc(C#N)cc(N(C)CCC(C)C)n1. The molecule has 0 aliphatic rings. The van der Waals surface area contributed by atoms with Crippen molar-refractivity contribution in [3.8, 4) is 6.07 Å². The van der Waals surface area contributed by atoms with E-state index < -0.39 is 0 Å². The number of anilines is 1. The van der Waals surface area contributed by atoms with Gasteiger partial charge in [-0.2, -0.15) is 5.26 Å². The zero-order valence-corrected chi connectivity index (χ0v) is 10.5. The van der Waals surface area contributed by atoms with Gasteiger partial charge >= 0.3 is 0 Å². The molecule has 0 amide bonds. The fourth-order valence-corrected chi connectivity index (χ4v) is 1.48. The summed E-state index contributed by atoms with van der Waals surface area (Å²) in [5.41, 5.74) is 1.57. The summed E-state index contributed by atoms with van der Waals surface area (Å²) < 4.78 is 0. The van der Waals surface area contributed by atoms with Crippen molar-refractivity contribution >= 4 is 5.82 Å². The maximum atomic E-state index is 8.89. The second kappa shape index (κ2) is 5.50. The Bertz CT molecular complexity index is 391. The third-order valence-corrected chi connectivity index (χ3v) is 2.50. The van der Waals surface area contributed by atoms with Crippen LogP contribution in [0.4, 0.5) is 5.82 Å². The monoisotopic (exact) mass is 217 g/mol. The minimum Gasteiger partial charge on any atom is -0.360 e. The Morgan fingerprint density at radius 3 is 2.69 bits per heavy atom. The molecule has 0 unspecified atom stereocenters. The van der Waals surface area contributed by atoms with E-state index in [0.29, 0.717) is 11.5 Å². The first-order valence-electron chi connectivity index (χ1n) is 5.63. The van der Waals surface area contributed by atoms with Crippen LogP contribution in [0.5, 0.6) is 0 Å². The molecule has 1 aromatic rings. The lowest BCUT2D eigenvalue weighted by molar-refractivity contribution is 0.583. The molecule has 0 N–H and O–H groups in total. The van der Waals surface area contributed by atoms with Crippen molar-refractivity contribution in [3.05, 3.63) is 23.4 Å². The van der Waals surface area contributed by atoms with Crippen LogP contribution in [-0.2, 0) is 0 Å². The highest BCUT2D eigenvalue weighted by Crippen LogP contribution is 2.14. The third-order valence-electron chi connectivity index (χ3n) is 2.50. The molecule has 1 heterocycles. The molecule has 0 saturated carbocycles. The van der Waals surface area contributed by atoms with E-state index in [4.69, 9.17) is 5.26 Å². The van der Waals surface area contributed by atoms with Gasteiger partial charge in [0.15, 0.2) is 0 Å². The molecule has 0 aliphatic heterocycles. The molecule has 0 aromatic carbocycles. The van der Waals surface area contributed by atoms with Crippen molar-refractivity contribution in [3.63, 3.8) is 0 Å². The van der Waals surface area contributed by atoms with Crippen LogP contribution in [0.3, 0.4) is 0 Å². The summed E-state index contributed by atoms with van der Waals surface area (Å²) in [6, 6.07) is 5.81. The van der Waals surface area contributed by atoms with Crippen LogP contribution in [0.15, 0.2) is 12.1 Å². The summed E-state index contributed by atoms with van der Waals surface area (Å²) in [6.07, 6.45) is 1.13. The molecule has 1 rings (SSSR count). The lowest BCUT2D eigenvalue weighted by Crippen LogP contribution is -2.21. The average Bonchev–Trinajstić information content (AvgIpc) is 2.24. The van der Waals surface area contributed by atoms with E-state index in [-0.39, 0.29) is 0 Å². The summed E-state index contributed by atoms with van der Waals surface area (Å²) in [6.45, 7) is 7.30. The van der Waals surface area contributed by atoms with Gasteiger partial charge in [0, 0.05) is 19.3 Å². The maximum Gasteiger partial charge on any atom is 0.129 e. The number of nitrogens with zero attached hydrogens (tertiary/aromatic N) is 3. The van der Waals surface area contributed by atoms with Crippen LogP contribution in [0.2, 0.25) is 0 Å². The van der Waals surface area contributed by atoms with Crippen molar-refractivity contribution in [2.24, 2.45) is 5.92 Å². The predicted molar refractivity (Wildman–Crippen MR) is 66.4 cm³/mol. The molecule has 16 heavy (non-hydrogen) atoms. The fourth-order valence-electron chi connectivity index (χ4n) is 1.48. The second-order valence-electron chi connectivity index (χ2n) is 4.57. The van der Waals surface area contributed by atoms with Gasteiger partial charge in [0.05, 0.1) is 11.6 Å². The molecule has 0 bridgehead atoms. The summed E-state index contributed by atoms with van der Waals surface area (Å²) in [4.78, 5) is 6.54. The Hall–Kier alpha value is -1.56. The highest BCUT2D eigenvalue weighted by atomic mass is 15.2. The van der Waals surface area contributed by atoms with Crippen molar-refractivity contribution in [1.29, 1.82) is 5.26 Å². The van der Waals surface area contributed by atoms with Crippen molar-refractivity contribution in [1.82, 2.24) is 4.98 Å². The number of aryl methyl sites for hydroxylation is 1. The zero-order valence-electron chi connectivity index (χ0n) is 10.5. The van der Waals surface area contributed by atoms with Gasteiger partial charge in [-0.05, 0) is 31.4 Å². The summed E-state index contributed by atoms with van der Waals surface area (Å²) >= 11 is 0. The van der Waals surface area contributed by atoms with Gasteiger partial charge in [-0.1, -0.05) is 13.8 Å². The van der Waals surface area contributed by atoms with Gasteiger partial charge in [-0.25, -0.2) is 4.98 Å². The maximum absolute atomic E-state index is 8.89. The summed E-state index contributed by atoms with van der Waals surface area (Å²) in [5, 5.41) is 8.89. The number of hydrogen-bond donors (Lipinski definition) is 0. The smallest absolute Gasteiger partial charge is 0.129 e. The average molecular weight is 217 g/mol. The van der Waals surface area contributed by atoms with Crippen molar-refractivity contribution < 1.29 is 0 Å². The quantitative estimate of drug-likeness (QED) is 0.778. The van der Waals surface area contributed by atoms with Crippen LogP contribution in [0, 0.1) is 24.2 Å². The highest BCUT2D eigenvalue weighted by molar-refractivity contribution is 5.45. The molecule has 0 aliphatic carbocycles. The lowest BCUT2D eigenvalue weighted by Gasteiger charge is -2.19. The van der Waals surface area contributed by atoms with E-state index in [1.165, 1.54) is 0 Å². The Morgan fingerprint density at radius 1 is 1.44 bits per heavy atom. The molecule has 0 saturated heterocycles. The van der Waals surface area contributed by atoms with E-state index in [0.717, 1.165) is 24.5 Å². The molecule has 0 spiro atoms. The largest absolute Gasteiger partial charge is 0.360 e. The van der Waals surface area contributed by atoms with E-state index >= 15 is 0 Å². The molecular weight excluding hydrogens is 198 g/mol. The Labute approximate surface area is 97.7 Å². The zero-order chi connectivity index (χ0) is 12.1. The molecule has 3 nitrogen and oxygen atoms in total. The Balaban J connectivity index is 2.79.